The third-order valence-electron chi connectivity index (χ3n) is 4.05. The second kappa shape index (κ2) is 5.15. The minimum absolute atomic E-state index is 0.0528. The number of nitrogens with zero attached hydrogens (tertiary/aromatic N) is 1. The highest BCUT2D eigenvalue weighted by Crippen LogP contribution is 2.45. The zero-order valence-corrected chi connectivity index (χ0v) is 12.7. The number of anilines is 2. The first-order chi connectivity index (χ1) is 11.6. The molecule has 24 heavy (non-hydrogen) atoms. The largest absolute Gasteiger partial charge is 0.493 e. The normalized spacial score (nSPS) is 18.0. The summed E-state index contributed by atoms with van der Waals surface area (Å²) in [6, 6.07) is 3.48. The van der Waals surface area contributed by atoms with Crippen LogP contribution >= 0.6 is 0 Å². The van der Waals surface area contributed by atoms with Gasteiger partial charge in [0.05, 0.1) is 12.7 Å². The second-order valence-corrected chi connectivity index (χ2v) is 5.48. The van der Waals surface area contributed by atoms with Gasteiger partial charge < -0.3 is 25.3 Å². The number of aromatic nitrogens is 2. The zero-order valence-electron chi connectivity index (χ0n) is 12.7. The molecule has 0 aliphatic carbocycles. The third-order valence-corrected chi connectivity index (χ3v) is 4.05. The molecule has 2 aliphatic heterocycles. The number of ether oxygens (including phenoxy) is 3. The average molecular weight is 330 g/mol. The zero-order chi connectivity index (χ0) is 16.8. The van der Waals surface area contributed by atoms with Crippen LogP contribution in [0.3, 0.4) is 0 Å². The van der Waals surface area contributed by atoms with E-state index in [4.69, 9.17) is 19.9 Å². The summed E-state index contributed by atoms with van der Waals surface area (Å²) in [5, 5.41) is 2.58. The first-order valence-corrected chi connectivity index (χ1v) is 7.24. The lowest BCUT2D eigenvalue weighted by molar-refractivity contribution is -0.116. The van der Waals surface area contributed by atoms with Crippen LogP contribution in [0.4, 0.5) is 11.8 Å². The van der Waals surface area contributed by atoms with E-state index in [0.717, 1.165) is 0 Å². The molecule has 0 unspecified atom stereocenters. The van der Waals surface area contributed by atoms with Crippen molar-refractivity contribution in [1.82, 2.24) is 9.97 Å². The maximum atomic E-state index is 12.3. The molecule has 9 heteroatoms. The molecule has 9 nitrogen and oxygen atoms in total. The Balaban J connectivity index is 1.90. The molecule has 0 saturated heterocycles. The number of hydrogen-bond donors (Lipinski definition) is 3. The van der Waals surface area contributed by atoms with Crippen molar-refractivity contribution in [2.75, 3.05) is 25.0 Å². The molecule has 2 aromatic rings. The van der Waals surface area contributed by atoms with Crippen LogP contribution in [0.25, 0.3) is 0 Å². The van der Waals surface area contributed by atoms with Crippen LogP contribution in [-0.2, 0) is 4.79 Å². The van der Waals surface area contributed by atoms with E-state index in [1.165, 1.54) is 7.11 Å². The number of benzene rings is 1. The van der Waals surface area contributed by atoms with Gasteiger partial charge >= 0.3 is 0 Å². The molecule has 0 radical (unpaired) electrons. The predicted molar refractivity (Wildman–Crippen MR) is 83.5 cm³/mol. The smallest absolute Gasteiger partial charge is 0.258 e. The number of fused-ring (bicyclic) bond motifs is 2. The Morgan fingerprint density at radius 3 is 2.96 bits per heavy atom. The van der Waals surface area contributed by atoms with Crippen LogP contribution in [0.1, 0.15) is 23.5 Å². The molecular formula is C15H14N4O5. The van der Waals surface area contributed by atoms with Crippen molar-refractivity contribution >= 4 is 17.7 Å². The highest BCUT2D eigenvalue weighted by Gasteiger charge is 2.33. The first kappa shape index (κ1) is 14.4. The molecule has 0 spiro atoms. The van der Waals surface area contributed by atoms with Gasteiger partial charge in [0.15, 0.2) is 11.5 Å². The monoisotopic (exact) mass is 330 g/mol. The number of H-pyrrole nitrogens is 1. The number of methoxy groups -OCH3 is 1. The van der Waals surface area contributed by atoms with E-state index in [1.807, 2.05) is 0 Å². The van der Waals surface area contributed by atoms with Crippen molar-refractivity contribution in [3.05, 3.63) is 33.6 Å². The van der Waals surface area contributed by atoms with Crippen molar-refractivity contribution in [2.45, 2.75) is 12.3 Å². The number of nitrogen functional groups attached to an aromatic ring is 1. The molecule has 3 heterocycles. The average Bonchev–Trinajstić information content (AvgIpc) is 3.00. The summed E-state index contributed by atoms with van der Waals surface area (Å²) in [6.45, 7) is 0.0928. The fourth-order valence-corrected chi connectivity index (χ4v) is 3.02. The fraction of sp³-hybridized carbons (Fsp3) is 0.267. The van der Waals surface area contributed by atoms with E-state index in [0.29, 0.717) is 28.4 Å². The fourth-order valence-electron chi connectivity index (χ4n) is 3.02. The van der Waals surface area contributed by atoms with Gasteiger partial charge in [0, 0.05) is 12.3 Å². The highest BCUT2D eigenvalue weighted by atomic mass is 16.7. The molecule has 0 bridgehead atoms. The van der Waals surface area contributed by atoms with Crippen molar-refractivity contribution < 1.29 is 19.0 Å². The lowest BCUT2D eigenvalue weighted by Gasteiger charge is -2.24. The van der Waals surface area contributed by atoms with Crippen LogP contribution in [0.2, 0.25) is 0 Å². The van der Waals surface area contributed by atoms with Crippen LogP contribution in [0.15, 0.2) is 16.9 Å². The Morgan fingerprint density at radius 2 is 2.17 bits per heavy atom. The van der Waals surface area contributed by atoms with Gasteiger partial charge in [0.1, 0.15) is 5.82 Å². The summed E-state index contributed by atoms with van der Waals surface area (Å²) in [5.74, 6) is 0.878. The van der Waals surface area contributed by atoms with E-state index < -0.39 is 5.92 Å². The van der Waals surface area contributed by atoms with Crippen LogP contribution in [0, 0.1) is 0 Å². The maximum absolute atomic E-state index is 12.3. The van der Waals surface area contributed by atoms with Crippen molar-refractivity contribution in [3.63, 3.8) is 0 Å². The van der Waals surface area contributed by atoms with E-state index in [1.54, 1.807) is 12.1 Å². The lowest BCUT2D eigenvalue weighted by Crippen LogP contribution is -2.31. The van der Waals surface area contributed by atoms with Crippen molar-refractivity contribution in [2.24, 2.45) is 0 Å². The SMILES string of the molecule is COc1cc([C@@H]2CC(=O)Nc3nc(N)[nH]c(=O)c32)cc2c1OCO2. The van der Waals surface area contributed by atoms with Crippen LogP contribution in [-0.4, -0.2) is 29.8 Å². The number of carbonyl (C=O) groups excluding carboxylic acids is 1. The summed E-state index contributed by atoms with van der Waals surface area (Å²) in [7, 11) is 1.51. The van der Waals surface area contributed by atoms with Gasteiger partial charge in [0.2, 0.25) is 24.4 Å². The van der Waals surface area contributed by atoms with Gasteiger partial charge in [0.25, 0.3) is 5.56 Å². The molecule has 0 saturated carbocycles. The number of nitrogens with two attached hydrogens (primary N) is 1. The van der Waals surface area contributed by atoms with Gasteiger partial charge in [-0.25, -0.2) is 0 Å². The molecule has 0 fully saturated rings. The standard InChI is InChI=1S/C15H14N4O5/c1-22-8-2-6(3-9-12(8)24-5-23-9)7-4-10(20)17-13-11(7)14(21)19-15(16)18-13/h2-3,7H,4-5H2,1H3,(H4,16,17,18,19,20,21)/t7-/m0/s1. The number of hydrogen-bond acceptors (Lipinski definition) is 7. The van der Waals surface area contributed by atoms with Crippen molar-refractivity contribution in [1.29, 1.82) is 0 Å². The molecule has 1 aromatic heterocycles. The van der Waals surface area contributed by atoms with Gasteiger partial charge in [-0.05, 0) is 17.7 Å². The number of carbonyl (C=O) groups is 1. The van der Waals surface area contributed by atoms with E-state index in [9.17, 15) is 9.59 Å². The van der Waals surface area contributed by atoms with Crippen molar-refractivity contribution in [3.8, 4) is 17.2 Å². The van der Waals surface area contributed by atoms with E-state index >= 15 is 0 Å². The Morgan fingerprint density at radius 1 is 1.33 bits per heavy atom. The minimum atomic E-state index is -0.492. The summed E-state index contributed by atoms with van der Waals surface area (Å²) < 4.78 is 16.1. The molecule has 124 valence electrons. The topological polar surface area (TPSA) is 129 Å². The Hall–Kier alpha value is -3.23. The highest BCUT2D eigenvalue weighted by molar-refractivity contribution is 5.94. The first-order valence-electron chi connectivity index (χ1n) is 7.24. The van der Waals surface area contributed by atoms with Gasteiger partial charge in [-0.2, -0.15) is 4.98 Å². The van der Waals surface area contributed by atoms with Gasteiger partial charge in [-0.3, -0.25) is 14.6 Å². The molecule has 4 rings (SSSR count). The summed E-state index contributed by atoms with van der Waals surface area (Å²) in [6.07, 6.45) is 0.102. The summed E-state index contributed by atoms with van der Waals surface area (Å²) >= 11 is 0. The lowest BCUT2D eigenvalue weighted by atomic mass is 9.86. The number of amides is 1. The molecular weight excluding hydrogens is 316 g/mol. The van der Waals surface area contributed by atoms with E-state index in [2.05, 4.69) is 15.3 Å². The third kappa shape index (κ3) is 2.13. The molecule has 2 aliphatic rings. The molecule has 4 N–H and O–H groups in total. The Kier molecular flexibility index (Phi) is 3.08. The Labute approximate surface area is 135 Å². The second-order valence-electron chi connectivity index (χ2n) is 5.48. The summed E-state index contributed by atoms with van der Waals surface area (Å²) in [5.41, 5.74) is 6.22. The van der Waals surface area contributed by atoms with Gasteiger partial charge in [-0.1, -0.05) is 0 Å². The quantitative estimate of drug-likeness (QED) is 0.734. The molecule has 1 amide bonds. The van der Waals surface area contributed by atoms with E-state index in [-0.39, 0.29) is 36.4 Å². The maximum Gasteiger partial charge on any atom is 0.258 e. The Bertz CT molecular complexity index is 907. The number of aromatic amines is 1. The molecule has 1 aromatic carbocycles. The predicted octanol–water partition coefficient (Wildman–Crippen LogP) is 0.563. The van der Waals surface area contributed by atoms with Crippen LogP contribution in [0.5, 0.6) is 17.2 Å². The molecule has 1 atom stereocenters. The minimum Gasteiger partial charge on any atom is -0.493 e. The van der Waals surface area contributed by atoms with Crippen LogP contribution < -0.4 is 30.8 Å². The summed E-state index contributed by atoms with van der Waals surface area (Å²) in [4.78, 5) is 30.9. The number of nitrogens with one attached hydrogen (secondary N) is 2. The van der Waals surface area contributed by atoms with Gasteiger partial charge in [-0.15, -0.1) is 0 Å². The number of rotatable bonds is 2.